The summed E-state index contributed by atoms with van der Waals surface area (Å²) in [6.07, 6.45) is -3.29. The van der Waals surface area contributed by atoms with Crippen molar-refractivity contribution in [2.75, 3.05) is 44.3 Å². The second kappa shape index (κ2) is 8.73. The Morgan fingerprint density at radius 3 is 2.76 bits per heavy atom. The first-order chi connectivity index (χ1) is 11.5. The van der Waals surface area contributed by atoms with Gasteiger partial charge in [0.25, 0.3) is 0 Å². The summed E-state index contributed by atoms with van der Waals surface area (Å²) in [7, 11) is 0. The van der Waals surface area contributed by atoms with Crippen LogP contribution in [0.15, 0.2) is 24.3 Å². The van der Waals surface area contributed by atoms with Gasteiger partial charge in [-0.3, -0.25) is 0 Å². The molecule has 1 N–H and O–H groups in total. The van der Waals surface area contributed by atoms with Crippen LogP contribution < -0.4 is 10.2 Å². The number of fused-ring (bicyclic) bond motifs is 1. The summed E-state index contributed by atoms with van der Waals surface area (Å²) < 4.78 is 43.4. The maximum absolute atomic E-state index is 12.2. The van der Waals surface area contributed by atoms with E-state index < -0.39 is 12.8 Å². The lowest BCUT2D eigenvalue weighted by Crippen LogP contribution is -2.30. The molecule has 1 aliphatic rings. The van der Waals surface area contributed by atoms with E-state index >= 15 is 0 Å². The zero-order valence-electron chi connectivity index (χ0n) is 13.8. The molecule has 1 aromatic carbocycles. The Balaban J connectivity index is 0.00000225. The third-order valence-electron chi connectivity index (χ3n) is 3.98. The third kappa shape index (κ3) is 5.23. The van der Waals surface area contributed by atoms with E-state index in [2.05, 4.69) is 15.2 Å². The zero-order valence-corrected chi connectivity index (χ0v) is 14.6. The lowest BCUT2D eigenvalue weighted by Gasteiger charge is -2.22. The number of anilines is 1. The fraction of sp³-hybridized carbons (Fsp3) is 0.562. The van der Waals surface area contributed by atoms with Gasteiger partial charge in [-0.05, 0) is 25.1 Å². The summed E-state index contributed by atoms with van der Waals surface area (Å²) in [5.74, 6) is 0.801. The number of ether oxygens (including phenoxy) is 1. The van der Waals surface area contributed by atoms with Gasteiger partial charge in [-0.15, -0.1) is 12.4 Å². The number of nitrogens with one attached hydrogen (secondary N) is 1. The number of rotatable bonds is 5. The van der Waals surface area contributed by atoms with E-state index in [1.165, 1.54) is 0 Å². The molecule has 5 nitrogen and oxygen atoms in total. The Kier molecular flexibility index (Phi) is 6.92. The van der Waals surface area contributed by atoms with Crippen LogP contribution in [0.2, 0.25) is 0 Å². The zero-order chi connectivity index (χ0) is 17.0. The number of nitrogens with zero attached hydrogens (tertiary/aromatic N) is 3. The summed E-state index contributed by atoms with van der Waals surface area (Å²) in [6.45, 7) is 2.66. The molecule has 2 aromatic rings. The fourth-order valence-electron chi connectivity index (χ4n) is 2.91. The quantitative estimate of drug-likeness (QED) is 0.812. The Morgan fingerprint density at radius 1 is 1.16 bits per heavy atom. The lowest BCUT2D eigenvalue weighted by atomic mass is 10.3. The molecule has 0 unspecified atom stereocenters. The predicted molar refractivity (Wildman–Crippen MR) is 93.6 cm³/mol. The normalized spacial score (nSPS) is 15.9. The number of aromatic nitrogens is 2. The molecular weight excluding hydrogens is 357 g/mol. The molecule has 1 fully saturated rings. The van der Waals surface area contributed by atoms with Gasteiger partial charge < -0.3 is 19.5 Å². The topological polar surface area (TPSA) is 42.3 Å². The number of hydrogen-bond acceptors (Lipinski definition) is 4. The van der Waals surface area contributed by atoms with Gasteiger partial charge in [-0.2, -0.15) is 13.2 Å². The highest BCUT2D eigenvalue weighted by Gasteiger charge is 2.27. The number of imidazole rings is 1. The molecule has 1 aliphatic heterocycles. The van der Waals surface area contributed by atoms with Gasteiger partial charge in [-0.25, -0.2) is 4.98 Å². The number of hydrogen-bond donors (Lipinski definition) is 1. The first kappa shape index (κ1) is 19.8. The molecule has 0 aliphatic carbocycles. The minimum absolute atomic E-state index is 0. The molecule has 0 bridgehead atoms. The minimum Gasteiger partial charge on any atom is -0.370 e. The van der Waals surface area contributed by atoms with Crippen LogP contribution >= 0.6 is 12.4 Å². The summed E-state index contributed by atoms with van der Waals surface area (Å²) in [4.78, 5) is 6.87. The van der Waals surface area contributed by atoms with Crippen LogP contribution in [0.1, 0.15) is 6.42 Å². The summed E-state index contributed by atoms with van der Waals surface area (Å²) >= 11 is 0. The van der Waals surface area contributed by atoms with Crippen LogP contribution in [0.25, 0.3) is 11.0 Å². The molecule has 140 valence electrons. The van der Waals surface area contributed by atoms with Crippen molar-refractivity contribution in [2.45, 2.75) is 19.1 Å². The first-order valence-corrected chi connectivity index (χ1v) is 8.10. The molecule has 2 heterocycles. The van der Waals surface area contributed by atoms with Crippen molar-refractivity contribution in [3.05, 3.63) is 24.3 Å². The van der Waals surface area contributed by atoms with Gasteiger partial charge >= 0.3 is 6.18 Å². The second-order valence-electron chi connectivity index (χ2n) is 5.81. The molecule has 0 spiro atoms. The average Bonchev–Trinajstić information content (AvgIpc) is 2.71. The molecule has 0 atom stereocenters. The summed E-state index contributed by atoms with van der Waals surface area (Å²) in [5, 5.41) is 3.34. The fourth-order valence-corrected chi connectivity index (χ4v) is 2.91. The number of para-hydroxylation sites is 2. The van der Waals surface area contributed by atoms with Crippen molar-refractivity contribution in [1.82, 2.24) is 14.9 Å². The van der Waals surface area contributed by atoms with Crippen molar-refractivity contribution in [3.8, 4) is 0 Å². The summed E-state index contributed by atoms with van der Waals surface area (Å²) in [6, 6.07) is 7.67. The molecule has 25 heavy (non-hydrogen) atoms. The maximum Gasteiger partial charge on any atom is 0.411 e. The standard InChI is InChI=1S/C16H21F3N4O.ClH/c17-16(18,19)12-24-11-10-23-14-5-2-1-4-13(14)21-15(23)22-8-3-6-20-7-9-22;/h1-2,4-5,20H,3,6-12H2;1H. The Hall–Kier alpha value is -1.51. The average molecular weight is 379 g/mol. The van der Waals surface area contributed by atoms with Crippen LogP contribution in [0.5, 0.6) is 0 Å². The van der Waals surface area contributed by atoms with Crippen molar-refractivity contribution in [3.63, 3.8) is 0 Å². The van der Waals surface area contributed by atoms with Gasteiger partial charge in [-0.1, -0.05) is 12.1 Å². The Morgan fingerprint density at radius 2 is 1.96 bits per heavy atom. The van der Waals surface area contributed by atoms with Crippen molar-refractivity contribution >= 4 is 29.4 Å². The number of alkyl halides is 3. The monoisotopic (exact) mass is 378 g/mol. The maximum atomic E-state index is 12.2. The van der Waals surface area contributed by atoms with Crippen molar-refractivity contribution < 1.29 is 17.9 Å². The van der Waals surface area contributed by atoms with Crippen LogP contribution in [0.4, 0.5) is 19.1 Å². The molecular formula is C16H22ClF3N4O. The molecule has 9 heteroatoms. The van der Waals surface area contributed by atoms with E-state index in [0.717, 1.165) is 49.6 Å². The summed E-state index contributed by atoms with van der Waals surface area (Å²) in [5.41, 5.74) is 1.76. The van der Waals surface area contributed by atoms with E-state index in [0.29, 0.717) is 6.54 Å². The SMILES string of the molecule is Cl.FC(F)(F)COCCn1c(N2CCCNCC2)nc2ccccc21. The largest absolute Gasteiger partial charge is 0.411 e. The Bertz CT molecular complexity index is 669. The van der Waals surface area contributed by atoms with Crippen LogP contribution in [-0.2, 0) is 11.3 Å². The van der Waals surface area contributed by atoms with E-state index in [9.17, 15) is 13.2 Å². The van der Waals surface area contributed by atoms with Gasteiger partial charge in [0.05, 0.1) is 17.6 Å². The first-order valence-electron chi connectivity index (χ1n) is 8.10. The highest BCUT2D eigenvalue weighted by Crippen LogP contribution is 2.23. The van der Waals surface area contributed by atoms with Gasteiger partial charge in [0.1, 0.15) is 6.61 Å². The smallest absolute Gasteiger partial charge is 0.370 e. The molecule has 0 radical (unpaired) electrons. The molecule has 0 amide bonds. The van der Waals surface area contributed by atoms with Gasteiger partial charge in [0.15, 0.2) is 0 Å². The third-order valence-corrected chi connectivity index (χ3v) is 3.98. The van der Waals surface area contributed by atoms with Crippen LogP contribution in [-0.4, -0.2) is 55.1 Å². The van der Waals surface area contributed by atoms with E-state index in [1.807, 2.05) is 28.8 Å². The second-order valence-corrected chi connectivity index (χ2v) is 5.81. The van der Waals surface area contributed by atoms with Crippen molar-refractivity contribution in [2.24, 2.45) is 0 Å². The van der Waals surface area contributed by atoms with E-state index in [1.54, 1.807) is 0 Å². The van der Waals surface area contributed by atoms with E-state index in [-0.39, 0.29) is 19.0 Å². The molecule has 1 aromatic heterocycles. The van der Waals surface area contributed by atoms with Crippen LogP contribution in [0, 0.1) is 0 Å². The lowest BCUT2D eigenvalue weighted by molar-refractivity contribution is -0.174. The van der Waals surface area contributed by atoms with Crippen LogP contribution in [0.3, 0.4) is 0 Å². The van der Waals surface area contributed by atoms with Gasteiger partial charge in [0, 0.05) is 26.2 Å². The minimum atomic E-state index is -4.30. The Labute approximate surface area is 150 Å². The van der Waals surface area contributed by atoms with E-state index in [4.69, 9.17) is 4.74 Å². The highest BCUT2D eigenvalue weighted by molar-refractivity contribution is 5.85. The molecule has 0 saturated carbocycles. The molecule has 1 saturated heterocycles. The predicted octanol–water partition coefficient (Wildman–Crippen LogP) is 2.84. The number of halogens is 4. The molecule has 3 rings (SSSR count). The highest BCUT2D eigenvalue weighted by atomic mass is 35.5. The van der Waals surface area contributed by atoms with Crippen molar-refractivity contribution in [1.29, 1.82) is 0 Å². The number of benzene rings is 1. The van der Waals surface area contributed by atoms with Gasteiger partial charge in [0.2, 0.25) is 5.95 Å².